The van der Waals surface area contributed by atoms with Crippen LogP contribution in [-0.2, 0) is 11.2 Å². The molecule has 4 aromatic rings. The molecular weight excluding hydrogens is 428 g/mol. The minimum atomic E-state index is 0.0297. The van der Waals surface area contributed by atoms with Crippen LogP contribution in [0.15, 0.2) is 57.1 Å². The molecule has 32 heavy (non-hydrogen) atoms. The molecule has 10 heteroatoms. The van der Waals surface area contributed by atoms with Crippen molar-refractivity contribution in [1.29, 1.82) is 5.26 Å². The third kappa shape index (κ3) is 3.98. The predicted molar refractivity (Wildman–Crippen MR) is 117 cm³/mol. The van der Waals surface area contributed by atoms with Crippen molar-refractivity contribution < 1.29 is 13.6 Å². The lowest BCUT2D eigenvalue weighted by atomic mass is 10.2. The van der Waals surface area contributed by atoms with Gasteiger partial charge in [-0.15, -0.1) is 11.3 Å². The van der Waals surface area contributed by atoms with Crippen molar-refractivity contribution in [2.24, 2.45) is 0 Å². The van der Waals surface area contributed by atoms with Gasteiger partial charge in [-0.2, -0.15) is 10.2 Å². The SMILES string of the molecule is N#Cc1nc(-c2ccco2)oc1N1CCN(C(=O)Cc2csc(-c3cccnc3)n2)CC1. The topological polar surface area (TPSA) is 112 Å². The Morgan fingerprint density at radius 3 is 2.78 bits per heavy atom. The summed E-state index contributed by atoms with van der Waals surface area (Å²) in [7, 11) is 0. The Kier molecular flexibility index (Phi) is 5.39. The van der Waals surface area contributed by atoms with E-state index in [0.717, 1.165) is 16.3 Å². The van der Waals surface area contributed by atoms with E-state index in [9.17, 15) is 10.1 Å². The van der Waals surface area contributed by atoms with Crippen LogP contribution in [0.25, 0.3) is 22.2 Å². The van der Waals surface area contributed by atoms with Crippen molar-refractivity contribution in [3.8, 4) is 28.3 Å². The Hall–Kier alpha value is -3.97. The number of carbonyl (C=O) groups is 1. The molecule has 0 aliphatic carbocycles. The van der Waals surface area contributed by atoms with Gasteiger partial charge in [0.15, 0.2) is 5.76 Å². The second kappa shape index (κ2) is 8.64. The zero-order valence-electron chi connectivity index (χ0n) is 17.0. The maximum atomic E-state index is 12.8. The number of nitriles is 1. The molecule has 1 saturated heterocycles. The van der Waals surface area contributed by atoms with Gasteiger partial charge in [-0.25, -0.2) is 4.98 Å². The maximum Gasteiger partial charge on any atom is 0.266 e. The minimum absolute atomic E-state index is 0.0297. The van der Waals surface area contributed by atoms with E-state index in [1.54, 1.807) is 24.5 Å². The Morgan fingerprint density at radius 2 is 2.06 bits per heavy atom. The fraction of sp³-hybridized carbons (Fsp3) is 0.227. The van der Waals surface area contributed by atoms with E-state index >= 15 is 0 Å². The standard InChI is InChI=1S/C22H18N6O3S/c23-12-17-22(31-20(26-17)18-4-2-10-30-18)28-8-6-27(7-9-28)19(29)11-16-14-32-21(25-16)15-3-1-5-24-13-15/h1-5,10,13-14H,6-9,11H2. The van der Waals surface area contributed by atoms with Crippen LogP contribution in [0, 0.1) is 11.3 Å². The molecule has 0 N–H and O–H groups in total. The first kappa shape index (κ1) is 20.0. The lowest BCUT2D eigenvalue weighted by Gasteiger charge is -2.34. The molecule has 4 aromatic heterocycles. The Balaban J connectivity index is 1.21. The van der Waals surface area contributed by atoms with Gasteiger partial charge >= 0.3 is 0 Å². The van der Waals surface area contributed by atoms with Crippen molar-refractivity contribution in [3.63, 3.8) is 0 Å². The summed E-state index contributed by atoms with van der Waals surface area (Å²) in [6.07, 6.45) is 5.26. The van der Waals surface area contributed by atoms with E-state index in [4.69, 9.17) is 8.83 Å². The third-order valence-corrected chi connectivity index (χ3v) is 6.10. The highest BCUT2D eigenvalue weighted by atomic mass is 32.1. The summed E-state index contributed by atoms with van der Waals surface area (Å²) < 4.78 is 11.1. The fourth-order valence-corrected chi connectivity index (χ4v) is 4.35. The van der Waals surface area contributed by atoms with Gasteiger partial charge in [0, 0.05) is 49.5 Å². The van der Waals surface area contributed by atoms with Gasteiger partial charge in [0.05, 0.1) is 18.4 Å². The van der Waals surface area contributed by atoms with Crippen molar-refractivity contribution in [2.45, 2.75) is 6.42 Å². The summed E-state index contributed by atoms with van der Waals surface area (Å²) in [5.74, 6) is 1.18. The van der Waals surface area contributed by atoms with Crippen LogP contribution in [0.2, 0.25) is 0 Å². The molecule has 5 rings (SSSR count). The average molecular weight is 446 g/mol. The molecular formula is C22H18N6O3S. The number of anilines is 1. The molecule has 160 valence electrons. The van der Waals surface area contributed by atoms with Crippen molar-refractivity contribution in [3.05, 3.63) is 59.7 Å². The minimum Gasteiger partial charge on any atom is -0.459 e. The van der Waals surface area contributed by atoms with E-state index in [1.165, 1.54) is 17.6 Å². The quantitative estimate of drug-likeness (QED) is 0.459. The maximum absolute atomic E-state index is 12.8. The molecule has 0 bridgehead atoms. The Labute approximate surface area is 187 Å². The van der Waals surface area contributed by atoms with Crippen molar-refractivity contribution >= 4 is 23.1 Å². The van der Waals surface area contributed by atoms with Crippen LogP contribution < -0.4 is 4.90 Å². The molecule has 0 spiro atoms. The number of oxazole rings is 1. The molecule has 1 fully saturated rings. The molecule has 0 aromatic carbocycles. The number of piperazine rings is 1. The molecule has 1 aliphatic rings. The summed E-state index contributed by atoms with van der Waals surface area (Å²) in [6.45, 7) is 2.15. The van der Waals surface area contributed by atoms with E-state index in [-0.39, 0.29) is 23.9 Å². The molecule has 5 heterocycles. The van der Waals surface area contributed by atoms with Crippen LogP contribution in [-0.4, -0.2) is 51.9 Å². The van der Waals surface area contributed by atoms with Gasteiger partial charge in [0.1, 0.15) is 11.1 Å². The first-order valence-corrected chi connectivity index (χ1v) is 10.9. The molecule has 1 aliphatic heterocycles. The summed E-state index contributed by atoms with van der Waals surface area (Å²) in [6, 6.07) is 9.36. The number of nitrogens with zero attached hydrogens (tertiary/aromatic N) is 6. The number of furan rings is 1. The van der Waals surface area contributed by atoms with Gasteiger partial charge in [-0.1, -0.05) is 0 Å². The number of pyridine rings is 1. The largest absolute Gasteiger partial charge is 0.459 e. The number of rotatable bonds is 5. The zero-order chi connectivity index (χ0) is 21.9. The average Bonchev–Trinajstić information content (AvgIpc) is 3.60. The molecule has 0 radical (unpaired) electrons. The molecule has 0 unspecified atom stereocenters. The second-order valence-electron chi connectivity index (χ2n) is 7.19. The van der Waals surface area contributed by atoms with Crippen LogP contribution in [0.3, 0.4) is 0 Å². The molecule has 1 amide bonds. The molecule has 9 nitrogen and oxygen atoms in total. The highest BCUT2D eigenvalue weighted by molar-refractivity contribution is 7.13. The van der Waals surface area contributed by atoms with E-state index < -0.39 is 0 Å². The highest BCUT2D eigenvalue weighted by Gasteiger charge is 2.27. The lowest BCUT2D eigenvalue weighted by molar-refractivity contribution is -0.130. The highest BCUT2D eigenvalue weighted by Crippen LogP contribution is 2.29. The van der Waals surface area contributed by atoms with Crippen molar-refractivity contribution in [1.82, 2.24) is 19.9 Å². The van der Waals surface area contributed by atoms with Crippen LogP contribution in [0.1, 0.15) is 11.4 Å². The number of hydrogen-bond acceptors (Lipinski definition) is 9. The zero-order valence-corrected chi connectivity index (χ0v) is 17.8. The normalized spacial score (nSPS) is 13.8. The van der Waals surface area contributed by atoms with Crippen LogP contribution in [0.5, 0.6) is 0 Å². The monoisotopic (exact) mass is 446 g/mol. The van der Waals surface area contributed by atoms with Gasteiger partial charge < -0.3 is 18.6 Å². The Morgan fingerprint density at radius 1 is 1.19 bits per heavy atom. The predicted octanol–water partition coefficient (Wildman–Crippen LogP) is 3.22. The first-order valence-electron chi connectivity index (χ1n) is 10.0. The van der Waals surface area contributed by atoms with Crippen LogP contribution in [0.4, 0.5) is 5.88 Å². The van der Waals surface area contributed by atoms with E-state index in [0.29, 0.717) is 37.8 Å². The number of thiazole rings is 1. The van der Waals surface area contributed by atoms with E-state index in [1.807, 2.05) is 27.3 Å². The van der Waals surface area contributed by atoms with Crippen molar-refractivity contribution in [2.75, 3.05) is 31.1 Å². The number of aromatic nitrogens is 3. The van der Waals surface area contributed by atoms with Gasteiger partial charge in [0.2, 0.25) is 17.5 Å². The van der Waals surface area contributed by atoms with Gasteiger partial charge in [-0.3, -0.25) is 9.78 Å². The summed E-state index contributed by atoms with van der Waals surface area (Å²) in [5.41, 5.74) is 1.91. The molecule has 0 atom stereocenters. The second-order valence-corrected chi connectivity index (χ2v) is 8.05. The summed E-state index contributed by atoms with van der Waals surface area (Å²) in [4.78, 5) is 29.5. The van der Waals surface area contributed by atoms with E-state index in [2.05, 4.69) is 21.0 Å². The fourth-order valence-electron chi connectivity index (χ4n) is 3.54. The lowest BCUT2D eigenvalue weighted by Crippen LogP contribution is -2.49. The van der Waals surface area contributed by atoms with Crippen LogP contribution >= 0.6 is 11.3 Å². The Bertz CT molecular complexity index is 1250. The number of hydrogen-bond donors (Lipinski definition) is 0. The summed E-state index contributed by atoms with van der Waals surface area (Å²) in [5, 5.41) is 12.2. The third-order valence-electron chi connectivity index (χ3n) is 5.16. The smallest absolute Gasteiger partial charge is 0.266 e. The first-order chi connectivity index (χ1) is 15.7. The van der Waals surface area contributed by atoms with Gasteiger partial charge in [0.25, 0.3) is 5.89 Å². The number of carbonyl (C=O) groups excluding carboxylic acids is 1. The summed E-state index contributed by atoms with van der Waals surface area (Å²) >= 11 is 1.51. The van der Waals surface area contributed by atoms with Gasteiger partial charge in [-0.05, 0) is 24.3 Å². The molecule has 0 saturated carbocycles. The number of amides is 1.